The summed E-state index contributed by atoms with van der Waals surface area (Å²) < 4.78 is 0. The molecule has 0 fully saturated rings. The summed E-state index contributed by atoms with van der Waals surface area (Å²) in [7, 11) is 0. The molecule has 0 aromatic rings. The molecule has 18 heavy (non-hydrogen) atoms. The van der Waals surface area contributed by atoms with E-state index in [1.54, 1.807) is 11.1 Å². The molecule has 0 aromatic heterocycles. The number of nitrogens with zero attached hydrogens (tertiary/aromatic N) is 1. The van der Waals surface area contributed by atoms with Crippen molar-refractivity contribution in [1.82, 2.24) is 5.43 Å². The summed E-state index contributed by atoms with van der Waals surface area (Å²) >= 11 is 4.73. The Morgan fingerprint density at radius 3 is 2.72 bits per heavy atom. The van der Waals surface area contributed by atoms with E-state index in [9.17, 15) is 0 Å². The van der Waals surface area contributed by atoms with Crippen molar-refractivity contribution in [2.24, 2.45) is 16.3 Å². The first kappa shape index (κ1) is 15.2. The number of nitrogens with two attached hydrogens (primary N) is 1. The molecule has 0 atom stereocenters. The summed E-state index contributed by atoms with van der Waals surface area (Å²) in [6.45, 7) is 8.99. The molecule has 0 aromatic carbocycles. The predicted octanol–water partition coefficient (Wildman–Crippen LogP) is 3.50. The highest BCUT2D eigenvalue weighted by Gasteiger charge is 2.27. The van der Waals surface area contributed by atoms with E-state index in [4.69, 9.17) is 18.0 Å². The number of thiocarbonyl (C=S) groups is 1. The second kappa shape index (κ2) is 6.32. The van der Waals surface area contributed by atoms with E-state index in [1.165, 1.54) is 19.3 Å². The predicted molar refractivity (Wildman–Crippen MR) is 82.6 cm³/mol. The van der Waals surface area contributed by atoms with E-state index in [0.717, 1.165) is 18.6 Å². The van der Waals surface area contributed by atoms with Gasteiger partial charge in [0.15, 0.2) is 5.11 Å². The van der Waals surface area contributed by atoms with Gasteiger partial charge in [-0.1, -0.05) is 25.0 Å². The normalized spacial score (nSPS) is 19.9. The van der Waals surface area contributed by atoms with E-state index in [2.05, 4.69) is 31.3 Å². The molecule has 0 saturated heterocycles. The van der Waals surface area contributed by atoms with Gasteiger partial charge in [0.2, 0.25) is 0 Å². The summed E-state index contributed by atoms with van der Waals surface area (Å²) in [4.78, 5) is 0. The number of hydrazone groups is 1. The molecule has 0 aliphatic heterocycles. The van der Waals surface area contributed by atoms with E-state index in [-0.39, 0.29) is 5.11 Å². The van der Waals surface area contributed by atoms with Crippen LogP contribution in [0.4, 0.5) is 0 Å². The minimum atomic E-state index is 0.225. The zero-order chi connectivity index (χ0) is 13.8. The molecule has 0 heterocycles. The van der Waals surface area contributed by atoms with Crippen LogP contribution in [0.2, 0.25) is 0 Å². The van der Waals surface area contributed by atoms with Crippen LogP contribution in [0.3, 0.4) is 0 Å². The molecule has 102 valence electrons. The lowest BCUT2D eigenvalue weighted by Gasteiger charge is -2.34. The lowest BCUT2D eigenvalue weighted by atomic mass is 9.71. The highest BCUT2D eigenvalue weighted by Crippen LogP contribution is 2.42. The smallest absolute Gasteiger partial charge is 0.184 e. The molecule has 1 aliphatic carbocycles. The topological polar surface area (TPSA) is 50.4 Å². The Hall–Kier alpha value is -0.900. The molecule has 0 unspecified atom stereocenters. The van der Waals surface area contributed by atoms with Crippen molar-refractivity contribution in [2.45, 2.75) is 59.8 Å². The van der Waals surface area contributed by atoms with Gasteiger partial charge < -0.3 is 5.73 Å². The van der Waals surface area contributed by atoms with Gasteiger partial charge in [0.1, 0.15) is 0 Å². The van der Waals surface area contributed by atoms with Crippen LogP contribution in [0.25, 0.3) is 0 Å². The first-order valence-electron chi connectivity index (χ1n) is 6.60. The molecular formula is C14H25N3S. The zero-order valence-corrected chi connectivity index (χ0v) is 12.8. The average Bonchev–Trinajstić information content (AvgIpc) is 2.24. The van der Waals surface area contributed by atoms with Crippen molar-refractivity contribution in [3.8, 4) is 0 Å². The van der Waals surface area contributed by atoms with E-state index in [1.807, 2.05) is 6.92 Å². The van der Waals surface area contributed by atoms with Gasteiger partial charge in [-0.25, -0.2) is 0 Å². The van der Waals surface area contributed by atoms with Gasteiger partial charge in [0, 0.05) is 5.71 Å². The van der Waals surface area contributed by atoms with Crippen molar-refractivity contribution in [1.29, 1.82) is 0 Å². The highest BCUT2D eigenvalue weighted by molar-refractivity contribution is 7.80. The minimum Gasteiger partial charge on any atom is -0.375 e. The molecular weight excluding hydrogens is 242 g/mol. The Kier molecular flexibility index (Phi) is 5.32. The van der Waals surface area contributed by atoms with Crippen LogP contribution in [0.5, 0.6) is 0 Å². The van der Waals surface area contributed by atoms with Gasteiger partial charge in [0.05, 0.1) is 0 Å². The third-order valence-corrected chi connectivity index (χ3v) is 3.87. The number of rotatable bonds is 4. The summed E-state index contributed by atoms with van der Waals surface area (Å²) in [5.74, 6) is 0. The second-order valence-electron chi connectivity index (χ2n) is 5.82. The minimum absolute atomic E-state index is 0.225. The molecule has 0 amide bonds. The van der Waals surface area contributed by atoms with Crippen molar-refractivity contribution in [2.75, 3.05) is 0 Å². The monoisotopic (exact) mass is 267 g/mol. The van der Waals surface area contributed by atoms with Gasteiger partial charge in [-0.05, 0) is 63.6 Å². The molecule has 1 rings (SSSR count). The largest absolute Gasteiger partial charge is 0.375 e. The first-order chi connectivity index (χ1) is 8.33. The summed E-state index contributed by atoms with van der Waals surface area (Å²) in [6.07, 6.45) is 5.92. The van der Waals surface area contributed by atoms with Gasteiger partial charge >= 0.3 is 0 Å². The molecule has 0 saturated carbocycles. The fourth-order valence-corrected chi connectivity index (χ4v) is 2.78. The summed E-state index contributed by atoms with van der Waals surface area (Å²) in [6, 6.07) is 0. The van der Waals surface area contributed by atoms with Crippen LogP contribution in [0.1, 0.15) is 59.8 Å². The van der Waals surface area contributed by atoms with Crippen molar-refractivity contribution in [3.63, 3.8) is 0 Å². The molecule has 3 N–H and O–H groups in total. The quantitative estimate of drug-likeness (QED) is 0.355. The maximum Gasteiger partial charge on any atom is 0.184 e. The zero-order valence-electron chi connectivity index (χ0n) is 12.0. The van der Waals surface area contributed by atoms with Crippen LogP contribution in [-0.4, -0.2) is 10.8 Å². The Morgan fingerprint density at radius 1 is 1.50 bits per heavy atom. The van der Waals surface area contributed by atoms with Crippen LogP contribution in [0, 0.1) is 5.41 Å². The fourth-order valence-electron chi connectivity index (χ4n) is 2.74. The Bertz CT molecular complexity index is 381. The molecule has 1 aliphatic rings. The van der Waals surface area contributed by atoms with Crippen LogP contribution >= 0.6 is 12.2 Å². The molecule has 3 nitrogen and oxygen atoms in total. The molecule has 0 radical (unpaired) electrons. The van der Waals surface area contributed by atoms with Crippen LogP contribution in [0.15, 0.2) is 16.2 Å². The Morgan fingerprint density at radius 2 is 2.17 bits per heavy atom. The lowest BCUT2D eigenvalue weighted by molar-refractivity contribution is 0.355. The van der Waals surface area contributed by atoms with Gasteiger partial charge in [-0.15, -0.1) is 0 Å². The van der Waals surface area contributed by atoms with Gasteiger partial charge in [-0.3, -0.25) is 5.43 Å². The van der Waals surface area contributed by atoms with Gasteiger partial charge in [0.25, 0.3) is 0 Å². The standard InChI is InChI=1S/C14H25N3S/c1-10-6-5-9-14(3,4)12(10)8-7-11(2)16-17-13(15)18/h5-9H2,1-4H3,(H3,15,17,18)/b16-11-. The summed E-state index contributed by atoms with van der Waals surface area (Å²) in [5.41, 5.74) is 12.6. The van der Waals surface area contributed by atoms with E-state index >= 15 is 0 Å². The number of nitrogens with one attached hydrogen (secondary N) is 1. The number of allylic oxidation sites excluding steroid dienone is 2. The lowest BCUT2D eigenvalue weighted by Crippen LogP contribution is -2.25. The van der Waals surface area contributed by atoms with Crippen LogP contribution < -0.4 is 11.2 Å². The fraction of sp³-hybridized carbons (Fsp3) is 0.714. The van der Waals surface area contributed by atoms with Crippen molar-refractivity contribution in [3.05, 3.63) is 11.1 Å². The Balaban J connectivity index is 2.61. The van der Waals surface area contributed by atoms with Crippen LogP contribution in [-0.2, 0) is 0 Å². The SMILES string of the molecule is CC1=C(CC/C(C)=N\NC(N)=S)C(C)(C)CCC1. The molecule has 4 heteroatoms. The highest BCUT2D eigenvalue weighted by atomic mass is 32.1. The molecule has 0 spiro atoms. The first-order valence-corrected chi connectivity index (χ1v) is 7.01. The van der Waals surface area contributed by atoms with Gasteiger partial charge in [-0.2, -0.15) is 5.10 Å². The number of hydrogen-bond donors (Lipinski definition) is 2. The molecule has 0 bridgehead atoms. The maximum atomic E-state index is 5.35. The number of hydrogen-bond acceptors (Lipinski definition) is 2. The maximum absolute atomic E-state index is 5.35. The average molecular weight is 267 g/mol. The van der Waals surface area contributed by atoms with Crippen molar-refractivity contribution < 1.29 is 0 Å². The van der Waals surface area contributed by atoms with E-state index in [0.29, 0.717) is 5.41 Å². The van der Waals surface area contributed by atoms with Crippen molar-refractivity contribution >= 4 is 23.0 Å². The third kappa shape index (κ3) is 4.41. The Labute approximate surface area is 116 Å². The summed E-state index contributed by atoms with van der Waals surface area (Å²) in [5, 5.41) is 4.38. The third-order valence-electron chi connectivity index (χ3n) is 3.78. The second-order valence-corrected chi connectivity index (χ2v) is 6.26. The van der Waals surface area contributed by atoms with E-state index < -0.39 is 0 Å².